The van der Waals surface area contributed by atoms with Crippen LogP contribution < -0.4 is 15.2 Å². The number of ether oxygens (including phenoxy) is 3. The van der Waals surface area contributed by atoms with Crippen LogP contribution in [0.3, 0.4) is 0 Å². The van der Waals surface area contributed by atoms with Gasteiger partial charge in [-0.3, -0.25) is 4.79 Å². The third kappa shape index (κ3) is 3.85. The summed E-state index contributed by atoms with van der Waals surface area (Å²) < 4.78 is 15.6. The Morgan fingerprint density at radius 2 is 2.00 bits per heavy atom. The van der Waals surface area contributed by atoms with Crippen LogP contribution in [0.4, 0.5) is 0 Å². The first kappa shape index (κ1) is 15.1. The summed E-state index contributed by atoms with van der Waals surface area (Å²) in [6.45, 7) is 2.11. The van der Waals surface area contributed by atoms with Crippen molar-refractivity contribution < 1.29 is 28.9 Å². The molecule has 7 heteroatoms. The molecule has 1 aromatic carbocycles. The normalized spacial score (nSPS) is 15.9. The largest absolute Gasteiger partial charge is 0.486 e. The van der Waals surface area contributed by atoms with E-state index in [4.69, 9.17) is 25.1 Å². The lowest BCUT2D eigenvalue weighted by molar-refractivity contribution is -0.163. The molecule has 0 saturated carbocycles. The van der Waals surface area contributed by atoms with Gasteiger partial charge in [0.1, 0.15) is 13.2 Å². The molecule has 0 spiro atoms. The topological polar surface area (TPSA) is 108 Å². The van der Waals surface area contributed by atoms with Gasteiger partial charge in [-0.25, -0.2) is 4.79 Å². The first-order chi connectivity index (χ1) is 9.97. The highest BCUT2D eigenvalue weighted by Gasteiger charge is 2.28. The number of carboxylic acids is 1. The fourth-order valence-electron chi connectivity index (χ4n) is 2.09. The van der Waals surface area contributed by atoms with Crippen molar-refractivity contribution in [3.8, 4) is 11.5 Å². The number of rotatable bonds is 5. The molecule has 1 aliphatic heterocycles. The summed E-state index contributed by atoms with van der Waals surface area (Å²) in [6.07, 6.45) is -1.14. The lowest BCUT2D eigenvalue weighted by Gasteiger charge is -2.22. The van der Waals surface area contributed by atoms with Crippen molar-refractivity contribution in [3.05, 3.63) is 23.8 Å². The molecule has 0 amide bonds. The number of hydrogen-bond acceptors (Lipinski definition) is 6. The Balaban J connectivity index is 2.08. The van der Waals surface area contributed by atoms with Crippen molar-refractivity contribution in [2.24, 2.45) is 5.73 Å². The first-order valence-corrected chi connectivity index (χ1v) is 6.51. The van der Waals surface area contributed by atoms with Gasteiger partial charge in [0.15, 0.2) is 11.5 Å². The molecule has 0 saturated heterocycles. The standard InChI is InChI=1S/C14H17NO6/c1-8(16)21-13(14(17)18)10(15)6-9-2-3-11-12(7-9)20-5-4-19-11/h2-3,7,10,13H,4-6,15H2,1H3,(H,17,18). The highest BCUT2D eigenvalue weighted by Crippen LogP contribution is 2.31. The second-order valence-corrected chi connectivity index (χ2v) is 4.71. The Hall–Kier alpha value is -2.28. The Morgan fingerprint density at radius 1 is 1.33 bits per heavy atom. The second kappa shape index (κ2) is 6.45. The third-order valence-corrected chi connectivity index (χ3v) is 3.00. The molecule has 2 rings (SSSR count). The van der Waals surface area contributed by atoms with E-state index in [2.05, 4.69) is 0 Å². The molecular weight excluding hydrogens is 278 g/mol. The Kier molecular flexibility index (Phi) is 4.64. The van der Waals surface area contributed by atoms with E-state index in [1.807, 2.05) is 0 Å². The predicted octanol–water partition coefficient (Wildman–Crippen LogP) is 0.344. The van der Waals surface area contributed by atoms with Crippen molar-refractivity contribution in [1.29, 1.82) is 0 Å². The SMILES string of the molecule is CC(=O)OC(C(=O)O)C(N)Cc1ccc2c(c1)OCCO2. The lowest BCUT2D eigenvalue weighted by Crippen LogP contribution is -2.44. The van der Waals surface area contributed by atoms with Crippen LogP contribution in [0.25, 0.3) is 0 Å². The Bertz CT molecular complexity index is 544. The molecule has 3 N–H and O–H groups in total. The number of hydrogen-bond donors (Lipinski definition) is 2. The van der Waals surface area contributed by atoms with Gasteiger partial charge < -0.3 is 25.1 Å². The van der Waals surface area contributed by atoms with Crippen LogP contribution in [-0.4, -0.2) is 42.4 Å². The van der Waals surface area contributed by atoms with Gasteiger partial charge in [0.25, 0.3) is 0 Å². The van der Waals surface area contributed by atoms with Crippen molar-refractivity contribution >= 4 is 11.9 Å². The number of carboxylic acid groups (broad SMARTS) is 1. The zero-order valence-electron chi connectivity index (χ0n) is 11.6. The second-order valence-electron chi connectivity index (χ2n) is 4.71. The molecule has 0 radical (unpaired) electrons. The van der Waals surface area contributed by atoms with Gasteiger partial charge in [0, 0.05) is 6.92 Å². The molecule has 0 aliphatic carbocycles. The number of carbonyl (C=O) groups excluding carboxylic acids is 1. The van der Waals surface area contributed by atoms with E-state index in [1.165, 1.54) is 0 Å². The Labute approximate surface area is 121 Å². The van der Waals surface area contributed by atoms with Gasteiger partial charge in [-0.15, -0.1) is 0 Å². The number of esters is 1. The number of aliphatic carboxylic acids is 1. The summed E-state index contributed by atoms with van der Waals surface area (Å²) in [5.41, 5.74) is 6.63. The summed E-state index contributed by atoms with van der Waals surface area (Å²) in [6, 6.07) is 4.42. The van der Waals surface area contributed by atoms with Crippen LogP contribution in [0.1, 0.15) is 12.5 Å². The smallest absolute Gasteiger partial charge is 0.346 e. The minimum Gasteiger partial charge on any atom is -0.486 e. The molecule has 2 atom stereocenters. The monoisotopic (exact) mass is 295 g/mol. The van der Waals surface area contributed by atoms with E-state index in [1.54, 1.807) is 18.2 Å². The average Bonchev–Trinajstić information content (AvgIpc) is 2.44. The van der Waals surface area contributed by atoms with Gasteiger partial charge in [-0.1, -0.05) is 6.07 Å². The maximum atomic E-state index is 11.1. The fraction of sp³-hybridized carbons (Fsp3) is 0.429. The quantitative estimate of drug-likeness (QED) is 0.754. The molecular formula is C14H17NO6. The predicted molar refractivity (Wildman–Crippen MR) is 72.3 cm³/mol. The number of nitrogens with two attached hydrogens (primary N) is 1. The van der Waals surface area contributed by atoms with Gasteiger partial charge in [0.2, 0.25) is 6.10 Å². The van der Waals surface area contributed by atoms with E-state index in [0.717, 1.165) is 12.5 Å². The summed E-state index contributed by atoms with van der Waals surface area (Å²) in [5, 5.41) is 9.06. The molecule has 0 aromatic heterocycles. The van der Waals surface area contributed by atoms with E-state index in [0.29, 0.717) is 24.7 Å². The van der Waals surface area contributed by atoms with E-state index in [9.17, 15) is 9.59 Å². The minimum atomic E-state index is -1.38. The molecule has 1 aliphatic rings. The Morgan fingerprint density at radius 3 is 2.62 bits per heavy atom. The highest BCUT2D eigenvalue weighted by molar-refractivity contribution is 5.77. The van der Waals surface area contributed by atoms with Crippen molar-refractivity contribution in [3.63, 3.8) is 0 Å². The molecule has 114 valence electrons. The molecule has 0 fully saturated rings. The van der Waals surface area contributed by atoms with Crippen LogP contribution in [0.15, 0.2) is 18.2 Å². The summed E-state index contributed by atoms with van der Waals surface area (Å²) >= 11 is 0. The maximum absolute atomic E-state index is 11.1. The fourth-order valence-corrected chi connectivity index (χ4v) is 2.09. The first-order valence-electron chi connectivity index (χ1n) is 6.51. The van der Waals surface area contributed by atoms with Crippen LogP contribution in [0, 0.1) is 0 Å². The molecule has 0 bridgehead atoms. The van der Waals surface area contributed by atoms with E-state index < -0.39 is 24.1 Å². The zero-order chi connectivity index (χ0) is 15.4. The lowest BCUT2D eigenvalue weighted by atomic mass is 10.0. The average molecular weight is 295 g/mol. The van der Waals surface area contributed by atoms with Crippen molar-refractivity contribution in [2.45, 2.75) is 25.5 Å². The molecule has 7 nitrogen and oxygen atoms in total. The van der Waals surface area contributed by atoms with Gasteiger partial charge >= 0.3 is 11.9 Å². The summed E-state index contributed by atoms with van der Waals surface area (Å²) in [7, 11) is 0. The van der Waals surface area contributed by atoms with Crippen molar-refractivity contribution in [1.82, 2.24) is 0 Å². The van der Waals surface area contributed by atoms with E-state index in [-0.39, 0.29) is 6.42 Å². The third-order valence-electron chi connectivity index (χ3n) is 3.00. The number of carbonyl (C=O) groups is 2. The van der Waals surface area contributed by atoms with E-state index >= 15 is 0 Å². The van der Waals surface area contributed by atoms with Crippen LogP contribution >= 0.6 is 0 Å². The molecule has 1 aromatic rings. The molecule has 2 unspecified atom stereocenters. The number of fused-ring (bicyclic) bond motifs is 1. The number of benzene rings is 1. The molecule has 1 heterocycles. The summed E-state index contributed by atoms with van der Waals surface area (Å²) in [4.78, 5) is 22.0. The van der Waals surface area contributed by atoms with Crippen molar-refractivity contribution in [2.75, 3.05) is 13.2 Å². The zero-order valence-corrected chi connectivity index (χ0v) is 11.6. The van der Waals surface area contributed by atoms with Gasteiger partial charge in [-0.2, -0.15) is 0 Å². The van der Waals surface area contributed by atoms with Gasteiger partial charge in [-0.05, 0) is 24.1 Å². The highest BCUT2D eigenvalue weighted by atomic mass is 16.6. The van der Waals surface area contributed by atoms with Crippen LogP contribution in [-0.2, 0) is 20.7 Å². The molecule has 21 heavy (non-hydrogen) atoms. The minimum absolute atomic E-state index is 0.237. The maximum Gasteiger partial charge on any atom is 0.346 e. The van der Waals surface area contributed by atoms with Gasteiger partial charge in [0.05, 0.1) is 6.04 Å². The van der Waals surface area contributed by atoms with Crippen LogP contribution in [0.2, 0.25) is 0 Å². The summed E-state index contributed by atoms with van der Waals surface area (Å²) in [5.74, 6) is -0.700. The van der Waals surface area contributed by atoms with Crippen LogP contribution in [0.5, 0.6) is 11.5 Å².